The van der Waals surface area contributed by atoms with Crippen LogP contribution in [-0.2, 0) is 19.7 Å². The van der Waals surface area contributed by atoms with Crippen molar-refractivity contribution < 1.29 is 43.2 Å². The molecule has 1 rings (SSSR count). The van der Waals surface area contributed by atoms with Crippen molar-refractivity contribution in [1.82, 2.24) is 0 Å². The summed E-state index contributed by atoms with van der Waals surface area (Å²) in [6, 6.07) is 3.73. The van der Waals surface area contributed by atoms with E-state index in [4.69, 9.17) is 0 Å². The lowest BCUT2D eigenvalue weighted by Gasteiger charge is -2.22. The maximum Gasteiger partial charge on any atom is 0.499 e. The first-order chi connectivity index (χ1) is 9.64. The van der Waals surface area contributed by atoms with Crippen LogP contribution in [0.5, 0.6) is 0 Å². The predicted octanol–water partition coefficient (Wildman–Crippen LogP) is 2.86. The summed E-state index contributed by atoms with van der Waals surface area (Å²) in [5, 5.41) is 0. The molecule has 0 saturated heterocycles. The summed E-state index contributed by atoms with van der Waals surface area (Å²) in [6.07, 6.45) is 0. The van der Waals surface area contributed by atoms with Crippen molar-refractivity contribution in [3.8, 4) is 0 Å². The van der Waals surface area contributed by atoms with Crippen molar-refractivity contribution in [1.29, 1.82) is 0 Å². The van der Waals surface area contributed by atoms with Crippen molar-refractivity contribution in [2.45, 2.75) is 22.5 Å². The van der Waals surface area contributed by atoms with Gasteiger partial charge in [0.05, 0.1) is 0 Å². The number of rotatable bonds is 3. The molecule has 0 aliphatic rings. The third-order valence-corrected chi connectivity index (χ3v) is 7.10. The molecule has 0 aliphatic heterocycles. The first-order valence-corrected chi connectivity index (χ1v) is 8.39. The van der Waals surface area contributed by atoms with Gasteiger partial charge in [-0.05, 0) is 18.1 Å². The average Bonchev–Trinajstić information content (AvgIpc) is 2.28. The maximum absolute atomic E-state index is 12.6. The molecular formula is C10H8F6O4S2. The van der Waals surface area contributed by atoms with E-state index in [2.05, 4.69) is 0 Å². The van der Waals surface area contributed by atoms with Gasteiger partial charge in [-0.2, -0.15) is 26.3 Å². The van der Waals surface area contributed by atoms with Gasteiger partial charge in [0.1, 0.15) is 0 Å². The Bertz CT molecular complexity index is 717. The van der Waals surface area contributed by atoms with E-state index in [0.717, 1.165) is 19.1 Å². The summed E-state index contributed by atoms with van der Waals surface area (Å²) in [7, 11) is -13.3. The summed E-state index contributed by atoms with van der Waals surface area (Å²) < 4.78 is 117. The molecular weight excluding hydrogens is 362 g/mol. The van der Waals surface area contributed by atoms with Crippen LogP contribution in [0, 0.1) is 6.92 Å². The summed E-state index contributed by atoms with van der Waals surface area (Å²) >= 11 is 0. The van der Waals surface area contributed by atoms with Crippen LogP contribution in [0.15, 0.2) is 24.3 Å². The van der Waals surface area contributed by atoms with Crippen LogP contribution >= 0.6 is 0 Å². The maximum atomic E-state index is 12.6. The quantitative estimate of drug-likeness (QED) is 0.768. The Morgan fingerprint density at radius 3 is 1.50 bits per heavy atom. The van der Waals surface area contributed by atoms with E-state index < -0.39 is 40.8 Å². The number of benzene rings is 1. The van der Waals surface area contributed by atoms with Crippen molar-refractivity contribution >= 4 is 19.7 Å². The monoisotopic (exact) mass is 370 g/mol. The fourth-order valence-electron chi connectivity index (χ4n) is 1.60. The Balaban J connectivity index is 3.83. The van der Waals surface area contributed by atoms with Crippen LogP contribution in [0.1, 0.15) is 15.7 Å². The van der Waals surface area contributed by atoms with Gasteiger partial charge in [0.15, 0.2) is 0 Å². The lowest BCUT2D eigenvalue weighted by Crippen LogP contribution is -2.39. The zero-order valence-corrected chi connectivity index (χ0v) is 12.2. The predicted molar refractivity (Wildman–Crippen MR) is 63.9 cm³/mol. The highest BCUT2D eigenvalue weighted by Gasteiger charge is 2.63. The molecule has 0 radical (unpaired) electrons. The second kappa shape index (κ2) is 5.41. The Morgan fingerprint density at radius 1 is 0.818 bits per heavy atom. The molecule has 12 heteroatoms. The molecule has 22 heavy (non-hydrogen) atoms. The molecule has 0 bridgehead atoms. The molecule has 0 N–H and O–H groups in total. The summed E-state index contributed by atoms with van der Waals surface area (Å²) in [6.45, 7) is 1.00. The minimum atomic E-state index is -6.66. The van der Waals surface area contributed by atoms with E-state index in [1.54, 1.807) is 0 Å². The van der Waals surface area contributed by atoms with E-state index in [9.17, 15) is 43.2 Å². The molecule has 0 amide bonds. The fraction of sp³-hybridized carbons (Fsp3) is 0.400. The number of aryl methyl sites for hydroxylation is 1. The van der Waals surface area contributed by atoms with Crippen LogP contribution in [0.2, 0.25) is 0 Å². The van der Waals surface area contributed by atoms with E-state index in [-0.39, 0.29) is 5.56 Å². The van der Waals surface area contributed by atoms with Gasteiger partial charge in [0.25, 0.3) is 19.7 Å². The largest absolute Gasteiger partial charge is 0.499 e. The minimum absolute atomic E-state index is 0.340. The van der Waals surface area contributed by atoms with Crippen LogP contribution in [0.4, 0.5) is 26.3 Å². The van der Waals surface area contributed by atoms with Gasteiger partial charge in [0.2, 0.25) is 4.58 Å². The molecule has 0 atom stereocenters. The normalized spacial score (nSPS) is 14.4. The molecule has 0 aromatic heterocycles. The highest BCUT2D eigenvalue weighted by molar-refractivity contribution is 8.09. The van der Waals surface area contributed by atoms with Crippen LogP contribution in [0.3, 0.4) is 0 Å². The first kappa shape index (κ1) is 18.7. The van der Waals surface area contributed by atoms with Crippen LogP contribution < -0.4 is 0 Å². The van der Waals surface area contributed by atoms with Crippen LogP contribution in [-0.4, -0.2) is 27.9 Å². The van der Waals surface area contributed by atoms with Crippen molar-refractivity contribution in [2.24, 2.45) is 0 Å². The van der Waals surface area contributed by atoms with Gasteiger partial charge in [0, 0.05) is 0 Å². The molecule has 0 saturated carbocycles. The third kappa shape index (κ3) is 3.07. The van der Waals surface area contributed by atoms with Gasteiger partial charge >= 0.3 is 11.0 Å². The molecule has 0 aliphatic carbocycles. The zero-order chi connectivity index (χ0) is 17.6. The zero-order valence-electron chi connectivity index (χ0n) is 10.6. The first-order valence-electron chi connectivity index (χ1n) is 5.30. The highest BCUT2D eigenvalue weighted by Crippen LogP contribution is 2.45. The summed E-state index contributed by atoms with van der Waals surface area (Å²) in [5.41, 5.74) is -13.8. The molecule has 0 unspecified atom stereocenters. The lowest BCUT2D eigenvalue weighted by atomic mass is 10.1. The standard InChI is InChI=1S/C10H8F6O4S2/c1-6-4-2-3-5-7(6)8(21(17,18)9(11,12)13)22(19,20)10(14,15)16/h2-5,8H,1H3. The van der Waals surface area contributed by atoms with Gasteiger partial charge in [-0.1, -0.05) is 24.3 Å². The number of sulfone groups is 2. The van der Waals surface area contributed by atoms with E-state index in [0.29, 0.717) is 6.07 Å². The third-order valence-electron chi connectivity index (χ3n) is 2.65. The Kier molecular flexibility index (Phi) is 4.61. The number of hydrogen-bond acceptors (Lipinski definition) is 4. The SMILES string of the molecule is Cc1ccccc1C(S(=O)(=O)C(F)(F)F)S(=O)(=O)C(F)(F)F. The van der Waals surface area contributed by atoms with Crippen molar-refractivity contribution in [3.63, 3.8) is 0 Å². The smallest absolute Gasteiger partial charge is 0.218 e. The van der Waals surface area contributed by atoms with Gasteiger partial charge in [-0.3, -0.25) is 0 Å². The molecule has 0 spiro atoms. The summed E-state index contributed by atoms with van der Waals surface area (Å²) in [4.78, 5) is 0. The number of hydrogen-bond donors (Lipinski definition) is 0. The number of alkyl halides is 6. The van der Waals surface area contributed by atoms with E-state index in [1.807, 2.05) is 0 Å². The topological polar surface area (TPSA) is 68.3 Å². The van der Waals surface area contributed by atoms with Gasteiger partial charge in [-0.25, -0.2) is 16.8 Å². The van der Waals surface area contributed by atoms with Gasteiger partial charge in [-0.15, -0.1) is 0 Å². The lowest BCUT2D eigenvalue weighted by molar-refractivity contribution is -0.0472. The highest BCUT2D eigenvalue weighted by atomic mass is 32.3. The average molecular weight is 370 g/mol. The van der Waals surface area contributed by atoms with Crippen molar-refractivity contribution in [3.05, 3.63) is 35.4 Å². The van der Waals surface area contributed by atoms with Crippen molar-refractivity contribution in [2.75, 3.05) is 0 Å². The minimum Gasteiger partial charge on any atom is -0.218 e. The van der Waals surface area contributed by atoms with E-state index >= 15 is 0 Å². The molecule has 4 nitrogen and oxygen atoms in total. The molecule has 0 fully saturated rings. The number of halogens is 6. The summed E-state index contributed by atoms with van der Waals surface area (Å²) in [5.74, 6) is 0. The molecule has 126 valence electrons. The Hall–Kier alpha value is -1.30. The molecule has 1 aromatic carbocycles. The van der Waals surface area contributed by atoms with Crippen LogP contribution in [0.25, 0.3) is 0 Å². The second-order valence-corrected chi connectivity index (χ2v) is 8.52. The van der Waals surface area contributed by atoms with E-state index in [1.165, 1.54) is 6.07 Å². The van der Waals surface area contributed by atoms with Gasteiger partial charge < -0.3 is 0 Å². The Labute approximate surface area is 121 Å². The second-order valence-electron chi connectivity index (χ2n) is 4.17. The fourth-order valence-corrected chi connectivity index (χ4v) is 5.27. The molecule has 1 aromatic rings. The molecule has 0 heterocycles. The Morgan fingerprint density at radius 2 is 1.18 bits per heavy atom.